The van der Waals surface area contributed by atoms with Crippen LogP contribution in [0.4, 0.5) is 0 Å². The molecule has 2 rings (SSSR count). The molecule has 0 aliphatic rings. The molecule has 0 radical (unpaired) electrons. The molecule has 0 fully saturated rings. The zero-order valence-corrected chi connectivity index (χ0v) is 15.1. The van der Waals surface area contributed by atoms with Crippen molar-refractivity contribution in [3.05, 3.63) is 54.2 Å². The molecule has 6 nitrogen and oxygen atoms in total. The number of ether oxygens (including phenoxy) is 2. The Morgan fingerprint density at radius 2 is 1.96 bits per heavy atom. The normalized spacial score (nSPS) is 11.1. The summed E-state index contributed by atoms with van der Waals surface area (Å²) in [6, 6.07) is 13.7. The van der Waals surface area contributed by atoms with Crippen LogP contribution in [0.2, 0.25) is 0 Å². The number of benzene rings is 1. The van der Waals surface area contributed by atoms with Crippen LogP contribution in [0.25, 0.3) is 0 Å². The standard InChI is InChI=1S/C19H26N4O2/c1-4-24-18-16(9-8-12-21-18)15-22-19(20-2)23(3)13-14-25-17-10-6-5-7-11-17/h5-12H,4,13-15H2,1-3H3,(H,20,22). The predicted molar refractivity (Wildman–Crippen MR) is 100 cm³/mol. The van der Waals surface area contributed by atoms with Gasteiger partial charge in [-0.3, -0.25) is 4.99 Å². The molecule has 0 bridgehead atoms. The van der Waals surface area contributed by atoms with Crippen molar-refractivity contribution in [1.82, 2.24) is 15.2 Å². The summed E-state index contributed by atoms with van der Waals surface area (Å²) in [6.07, 6.45) is 1.73. The average Bonchev–Trinajstić information content (AvgIpc) is 2.64. The van der Waals surface area contributed by atoms with E-state index in [2.05, 4.69) is 15.3 Å². The number of pyridine rings is 1. The summed E-state index contributed by atoms with van der Waals surface area (Å²) in [4.78, 5) is 10.6. The fraction of sp³-hybridized carbons (Fsp3) is 0.368. The first kappa shape index (κ1) is 18.6. The maximum Gasteiger partial charge on any atom is 0.218 e. The number of guanidine groups is 1. The van der Waals surface area contributed by atoms with Crippen molar-refractivity contribution < 1.29 is 9.47 Å². The smallest absolute Gasteiger partial charge is 0.218 e. The fourth-order valence-corrected chi connectivity index (χ4v) is 2.31. The van der Waals surface area contributed by atoms with Gasteiger partial charge in [0.1, 0.15) is 12.4 Å². The van der Waals surface area contributed by atoms with Gasteiger partial charge in [0, 0.05) is 32.4 Å². The molecule has 134 valence electrons. The number of rotatable bonds is 8. The molecule has 1 aromatic heterocycles. The average molecular weight is 342 g/mol. The number of aromatic nitrogens is 1. The SMILES string of the molecule is CCOc1ncccc1CNC(=NC)N(C)CCOc1ccccc1. The molecule has 2 aromatic rings. The zero-order chi connectivity index (χ0) is 17.9. The second kappa shape index (κ2) is 10.2. The minimum absolute atomic E-state index is 0.582. The van der Waals surface area contributed by atoms with Crippen molar-refractivity contribution in [2.75, 3.05) is 33.9 Å². The quantitative estimate of drug-likeness (QED) is 0.590. The van der Waals surface area contributed by atoms with Crippen molar-refractivity contribution in [1.29, 1.82) is 0 Å². The third kappa shape index (κ3) is 5.99. The van der Waals surface area contributed by atoms with Crippen LogP contribution >= 0.6 is 0 Å². The van der Waals surface area contributed by atoms with Crippen LogP contribution in [0.3, 0.4) is 0 Å². The number of nitrogens with zero attached hydrogens (tertiary/aromatic N) is 3. The Balaban J connectivity index is 1.83. The first-order valence-electron chi connectivity index (χ1n) is 8.41. The molecule has 1 heterocycles. The molecule has 1 N–H and O–H groups in total. The Labute approximate surface area is 149 Å². The first-order chi connectivity index (χ1) is 12.2. The molecule has 1 aromatic carbocycles. The van der Waals surface area contributed by atoms with Gasteiger partial charge in [-0.25, -0.2) is 4.98 Å². The van der Waals surface area contributed by atoms with Crippen LogP contribution in [0.15, 0.2) is 53.7 Å². The molecule has 0 saturated carbocycles. The third-order valence-electron chi connectivity index (χ3n) is 3.58. The van der Waals surface area contributed by atoms with Gasteiger partial charge >= 0.3 is 0 Å². The lowest BCUT2D eigenvalue weighted by Gasteiger charge is -2.22. The fourth-order valence-electron chi connectivity index (χ4n) is 2.31. The lowest BCUT2D eigenvalue weighted by atomic mass is 10.2. The lowest BCUT2D eigenvalue weighted by molar-refractivity contribution is 0.281. The third-order valence-corrected chi connectivity index (χ3v) is 3.58. The van der Waals surface area contributed by atoms with Crippen LogP contribution < -0.4 is 14.8 Å². The van der Waals surface area contributed by atoms with Crippen LogP contribution in [-0.4, -0.2) is 49.7 Å². The second-order valence-electron chi connectivity index (χ2n) is 5.38. The number of aliphatic imine (C=N–C) groups is 1. The molecule has 0 aliphatic heterocycles. The Morgan fingerprint density at radius 3 is 2.68 bits per heavy atom. The van der Waals surface area contributed by atoms with E-state index in [4.69, 9.17) is 9.47 Å². The highest BCUT2D eigenvalue weighted by Gasteiger charge is 2.09. The number of para-hydroxylation sites is 1. The van der Waals surface area contributed by atoms with Gasteiger partial charge < -0.3 is 19.7 Å². The largest absolute Gasteiger partial charge is 0.492 e. The summed E-state index contributed by atoms with van der Waals surface area (Å²) in [6.45, 7) is 4.44. The van der Waals surface area contributed by atoms with Crippen LogP contribution in [0.5, 0.6) is 11.6 Å². The topological polar surface area (TPSA) is 59.0 Å². The molecule has 6 heteroatoms. The van der Waals surface area contributed by atoms with E-state index in [0.29, 0.717) is 25.6 Å². The maximum atomic E-state index is 5.73. The van der Waals surface area contributed by atoms with Gasteiger partial charge in [-0.15, -0.1) is 0 Å². The van der Waals surface area contributed by atoms with Gasteiger partial charge in [-0.1, -0.05) is 24.3 Å². The van der Waals surface area contributed by atoms with E-state index in [1.165, 1.54) is 0 Å². The van der Waals surface area contributed by atoms with E-state index in [1.807, 2.05) is 61.3 Å². The Hall–Kier alpha value is -2.76. The molecular formula is C19H26N4O2. The molecule has 0 saturated heterocycles. The number of nitrogens with one attached hydrogen (secondary N) is 1. The van der Waals surface area contributed by atoms with E-state index in [-0.39, 0.29) is 0 Å². The summed E-state index contributed by atoms with van der Waals surface area (Å²) in [5.41, 5.74) is 0.999. The number of hydrogen-bond donors (Lipinski definition) is 1. The van der Waals surface area contributed by atoms with Crippen molar-refractivity contribution >= 4 is 5.96 Å². The molecule has 0 amide bonds. The summed E-state index contributed by atoms with van der Waals surface area (Å²) in [5, 5.41) is 3.33. The summed E-state index contributed by atoms with van der Waals surface area (Å²) < 4.78 is 11.3. The molecule has 0 unspecified atom stereocenters. The van der Waals surface area contributed by atoms with E-state index >= 15 is 0 Å². The Bertz CT molecular complexity index is 661. The summed E-state index contributed by atoms with van der Waals surface area (Å²) in [7, 11) is 3.75. The minimum atomic E-state index is 0.582. The highest BCUT2D eigenvalue weighted by molar-refractivity contribution is 5.79. The molecular weight excluding hydrogens is 316 g/mol. The van der Waals surface area contributed by atoms with Gasteiger partial charge in [-0.05, 0) is 25.1 Å². The van der Waals surface area contributed by atoms with Crippen molar-refractivity contribution in [3.8, 4) is 11.6 Å². The summed E-state index contributed by atoms with van der Waals surface area (Å²) >= 11 is 0. The van der Waals surface area contributed by atoms with Crippen LogP contribution in [-0.2, 0) is 6.54 Å². The highest BCUT2D eigenvalue weighted by atomic mass is 16.5. The predicted octanol–water partition coefficient (Wildman–Crippen LogP) is 2.57. The first-order valence-corrected chi connectivity index (χ1v) is 8.41. The van der Waals surface area contributed by atoms with E-state index in [0.717, 1.165) is 23.8 Å². The van der Waals surface area contributed by atoms with E-state index < -0.39 is 0 Å². The van der Waals surface area contributed by atoms with Crippen molar-refractivity contribution in [2.24, 2.45) is 4.99 Å². The van der Waals surface area contributed by atoms with Crippen LogP contribution in [0, 0.1) is 0 Å². The van der Waals surface area contributed by atoms with E-state index in [1.54, 1.807) is 13.2 Å². The molecule has 0 atom stereocenters. The zero-order valence-electron chi connectivity index (χ0n) is 15.1. The van der Waals surface area contributed by atoms with Crippen LogP contribution in [0.1, 0.15) is 12.5 Å². The van der Waals surface area contributed by atoms with Gasteiger partial charge in [0.2, 0.25) is 5.88 Å². The van der Waals surface area contributed by atoms with Gasteiger partial charge in [-0.2, -0.15) is 0 Å². The summed E-state index contributed by atoms with van der Waals surface area (Å²) in [5.74, 6) is 2.32. The monoisotopic (exact) mass is 342 g/mol. The van der Waals surface area contributed by atoms with Gasteiger partial charge in [0.25, 0.3) is 0 Å². The lowest BCUT2D eigenvalue weighted by Crippen LogP contribution is -2.40. The maximum absolute atomic E-state index is 5.73. The highest BCUT2D eigenvalue weighted by Crippen LogP contribution is 2.13. The molecule has 0 spiro atoms. The van der Waals surface area contributed by atoms with Gasteiger partial charge in [0.15, 0.2) is 5.96 Å². The van der Waals surface area contributed by atoms with Crippen molar-refractivity contribution in [2.45, 2.75) is 13.5 Å². The second-order valence-corrected chi connectivity index (χ2v) is 5.38. The Morgan fingerprint density at radius 1 is 1.16 bits per heavy atom. The Kier molecular flexibility index (Phi) is 7.56. The molecule has 25 heavy (non-hydrogen) atoms. The van der Waals surface area contributed by atoms with Gasteiger partial charge in [0.05, 0.1) is 13.2 Å². The van der Waals surface area contributed by atoms with Crippen molar-refractivity contribution in [3.63, 3.8) is 0 Å². The number of hydrogen-bond acceptors (Lipinski definition) is 4. The minimum Gasteiger partial charge on any atom is -0.492 e. The number of likely N-dealkylation sites (N-methyl/N-ethyl adjacent to an activating group) is 1. The molecule has 0 aliphatic carbocycles. The van der Waals surface area contributed by atoms with E-state index in [9.17, 15) is 0 Å².